The molecule has 0 radical (unpaired) electrons. The molecule has 1 aromatic heterocycles. The van der Waals surface area contributed by atoms with Crippen molar-refractivity contribution in [2.75, 3.05) is 31.6 Å². The maximum Gasteiger partial charge on any atom is 0.293 e. The van der Waals surface area contributed by atoms with Gasteiger partial charge >= 0.3 is 0 Å². The van der Waals surface area contributed by atoms with Gasteiger partial charge in [0.1, 0.15) is 10.7 Å². The Labute approximate surface area is 183 Å². The summed E-state index contributed by atoms with van der Waals surface area (Å²) < 4.78 is 5.26. The third-order valence-electron chi connectivity index (χ3n) is 5.09. The number of nitrogens with zero attached hydrogens (tertiary/aromatic N) is 3. The van der Waals surface area contributed by atoms with E-state index in [-0.39, 0.29) is 11.6 Å². The zero-order chi connectivity index (χ0) is 21.8. The molecule has 1 aliphatic heterocycles. The smallest absolute Gasteiger partial charge is 0.293 e. The first-order valence-electron chi connectivity index (χ1n) is 9.94. The summed E-state index contributed by atoms with van der Waals surface area (Å²) in [7, 11) is 0. The molecule has 3 aromatic rings. The van der Waals surface area contributed by atoms with E-state index in [1.54, 1.807) is 28.4 Å². The molecule has 0 bridgehead atoms. The van der Waals surface area contributed by atoms with E-state index in [1.165, 1.54) is 6.07 Å². The minimum atomic E-state index is -0.465. The quantitative estimate of drug-likeness (QED) is 0.459. The Morgan fingerprint density at radius 2 is 1.97 bits per heavy atom. The molecular weight excluding hydrogens is 416 g/mol. The number of anilines is 1. The van der Waals surface area contributed by atoms with Crippen molar-refractivity contribution in [1.82, 2.24) is 9.88 Å². The number of aromatic nitrogens is 1. The van der Waals surface area contributed by atoms with E-state index in [2.05, 4.69) is 10.3 Å². The van der Waals surface area contributed by atoms with Crippen LogP contribution >= 0.6 is 11.3 Å². The number of carbonyl (C=O) groups is 1. The highest BCUT2D eigenvalue weighted by molar-refractivity contribution is 7.15. The number of carbonyl (C=O) groups excluding carboxylic acids is 1. The number of thiazole rings is 1. The van der Waals surface area contributed by atoms with Gasteiger partial charge in [-0.2, -0.15) is 0 Å². The highest BCUT2D eigenvalue weighted by Gasteiger charge is 2.23. The molecule has 0 saturated carbocycles. The molecule has 1 saturated heterocycles. The average Bonchev–Trinajstić information content (AvgIpc) is 3.18. The van der Waals surface area contributed by atoms with Crippen molar-refractivity contribution >= 4 is 28.6 Å². The van der Waals surface area contributed by atoms with Crippen LogP contribution in [0.1, 0.15) is 20.9 Å². The third-order valence-corrected chi connectivity index (χ3v) is 6.30. The molecule has 1 aliphatic rings. The molecule has 9 heteroatoms. The van der Waals surface area contributed by atoms with Gasteiger partial charge in [-0.3, -0.25) is 14.9 Å². The highest BCUT2D eigenvalue weighted by atomic mass is 32.1. The molecule has 1 N–H and O–H groups in total. The first-order chi connectivity index (χ1) is 15.0. The lowest BCUT2D eigenvalue weighted by atomic mass is 10.1. The van der Waals surface area contributed by atoms with E-state index < -0.39 is 4.92 Å². The topological polar surface area (TPSA) is 97.6 Å². The Hall–Kier alpha value is -3.30. The molecule has 1 fully saturated rings. The van der Waals surface area contributed by atoms with Gasteiger partial charge in [-0.05, 0) is 19.1 Å². The SMILES string of the molecule is Cc1nc(-c2ccccc2)sc1CNc1ccc(C(=O)N2CCOCC2)cc1[N+](=O)[O-]. The Morgan fingerprint density at radius 3 is 2.68 bits per heavy atom. The Kier molecular flexibility index (Phi) is 6.24. The maximum absolute atomic E-state index is 12.7. The fraction of sp³-hybridized carbons (Fsp3) is 0.273. The van der Waals surface area contributed by atoms with Crippen LogP contribution in [-0.4, -0.2) is 47.0 Å². The summed E-state index contributed by atoms with van der Waals surface area (Å²) in [5.41, 5.74) is 2.48. The zero-order valence-electron chi connectivity index (χ0n) is 17.0. The number of ether oxygens (including phenoxy) is 1. The first-order valence-corrected chi connectivity index (χ1v) is 10.8. The van der Waals surface area contributed by atoms with E-state index in [4.69, 9.17) is 4.74 Å². The van der Waals surface area contributed by atoms with Crippen LogP contribution in [-0.2, 0) is 11.3 Å². The highest BCUT2D eigenvalue weighted by Crippen LogP contribution is 2.31. The van der Waals surface area contributed by atoms with Crippen LogP contribution in [0.25, 0.3) is 10.6 Å². The number of benzene rings is 2. The van der Waals surface area contributed by atoms with Crippen LogP contribution in [0, 0.1) is 17.0 Å². The van der Waals surface area contributed by atoms with Gasteiger partial charge in [0.05, 0.1) is 30.4 Å². The van der Waals surface area contributed by atoms with Gasteiger partial charge in [-0.15, -0.1) is 11.3 Å². The molecular formula is C22H22N4O4S. The van der Waals surface area contributed by atoms with Crippen molar-refractivity contribution in [1.29, 1.82) is 0 Å². The minimum Gasteiger partial charge on any atom is -0.378 e. The fourth-order valence-corrected chi connectivity index (χ4v) is 4.39. The first kappa shape index (κ1) is 21.0. The summed E-state index contributed by atoms with van der Waals surface area (Å²) >= 11 is 1.56. The zero-order valence-corrected chi connectivity index (χ0v) is 17.9. The van der Waals surface area contributed by atoms with Gasteiger partial charge in [0.15, 0.2) is 0 Å². The number of morpholine rings is 1. The largest absolute Gasteiger partial charge is 0.378 e. The fourth-order valence-electron chi connectivity index (χ4n) is 3.39. The van der Waals surface area contributed by atoms with Crippen molar-refractivity contribution in [2.45, 2.75) is 13.5 Å². The maximum atomic E-state index is 12.7. The van der Waals surface area contributed by atoms with Gasteiger partial charge in [0.2, 0.25) is 0 Å². The van der Waals surface area contributed by atoms with Crippen LogP contribution in [0.3, 0.4) is 0 Å². The average molecular weight is 439 g/mol. The van der Waals surface area contributed by atoms with Crippen LogP contribution in [0.4, 0.5) is 11.4 Å². The predicted molar refractivity (Wildman–Crippen MR) is 119 cm³/mol. The summed E-state index contributed by atoms with van der Waals surface area (Å²) in [5, 5.41) is 15.7. The number of amides is 1. The molecule has 1 amide bonds. The molecule has 0 aliphatic carbocycles. The van der Waals surface area contributed by atoms with Crippen molar-refractivity contribution in [3.8, 4) is 10.6 Å². The van der Waals surface area contributed by atoms with Crippen LogP contribution in [0.2, 0.25) is 0 Å². The van der Waals surface area contributed by atoms with Gasteiger partial charge < -0.3 is 15.0 Å². The molecule has 0 unspecified atom stereocenters. The Morgan fingerprint density at radius 1 is 1.23 bits per heavy atom. The molecule has 31 heavy (non-hydrogen) atoms. The second-order valence-electron chi connectivity index (χ2n) is 7.14. The molecule has 8 nitrogen and oxygen atoms in total. The lowest BCUT2D eigenvalue weighted by Gasteiger charge is -2.26. The van der Waals surface area contributed by atoms with Crippen molar-refractivity contribution in [3.05, 3.63) is 74.8 Å². The van der Waals surface area contributed by atoms with Crippen molar-refractivity contribution < 1.29 is 14.5 Å². The Bertz CT molecular complexity index is 1090. The lowest BCUT2D eigenvalue weighted by Crippen LogP contribution is -2.40. The Balaban J connectivity index is 1.51. The third kappa shape index (κ3) is 4.73. The molecule has 0 atom stereocenters. The molecule has 0 spiro atoms. The number of nitrogens with one attached hydrogen (secondary N) is 1. The van der Waals surface area contributed by atoms with Gasteiger partial charge in [-0.25, -0.2) is 4.98 Å². The number of hydrogen-bond acceptors (Lipinski definition) is 7. The predicted octanol–water partition coefficient (Wildman–Crippen LogP) is 4.11. The number of nitro groups is 1. The number of rotatable bonds is 6. The molecule has 4 rings (SSSR count). The van der Waals surface area contributed by atoms with E-state index in [9.17, 15) is 14.9 Å². The summed E-state index contributed by atoms with van der Waals surface area (Å²) in [5.74, 6) is -0.219. The van der Waals surface area contributed by atoms with Crippen LogP contribution < -0.4 is 5.32 Å². The van der Waals surface area contributed by atoms with E-state index >= 15 is 0 Å². The number of nitro benzene ring substituents is 1. The summed E-state index contributed by atoms with van der Waals surface area (Å²) in [6.07, 6.45) is 0. The minimum absolute atomic E-state index is 0.121. The lowest BCUT2D eigenvalue weighted by molar-refractivity contribution is -0.384. The number of aryl methyl sites for hydroxylation is 1. The summed E-state index contributed by atoms with van der Waals surface area (Å²) in [6, 6.07) is 14.5. The van der Waals surface area contributed by atoms with Crippen molar-refractivity contribution in [2.24, 2.45) is 0 Å². The molecule has 2 aromatic carbocycles. The van der Waals surface area contributed by atoms with Gasteiger partial charge in [0.25, 0.3) is 11.6 Å². The van der Waals surface area contributed by atoms with Gasteiger partial charge in [0, 0.05) is 35.2 Å². The monoisotopic (exact) mass is 438 g/mol. The summed E-state index contributed by atoms with van der Waals surface area (Å²) in [4.78, 5) is 31.1. The second kappa shape index (κ2) is 9.23. The second-order valence-corrected chi connectivity index (χ2v) is 8.22. The van der Waals surface area contributed by atoms with E-state index in [0.29, 0.717) is 44.1 Å². The summed E-state index contributed by atoms with van der Waals surface area (Å²) in [6.45, 7) is 4.27. The van der Waals surface area contributed by atoms with Crippen molar-refractivity contribution in [3.63, 3.8) is 0 Å². The standard InChI is InChI=1S/C22H22N4O4S/c1-15-20(31-21(24-15)16-5-3-2-4-6-16)14-23-18-8-7-17(13-19(18)26(28)29)22(27)25-9-11-30-12-10-25/h2-8,13,23H,9-12,14H2,1H3. The molecule has 2 heterocycles. The van der Waals surface area contributed by atoms with Crippen LogP contribution in [0.5, 0.6) is 0 Å². The van der Waals surface area contributed by atoms with Crippen LogP contribution in [0.15, 0.2) is 48.5 Å². The normalized spacial score (nSPS) is 13.8. The number of hydrogen-bond donors (Lipinski definition) is 1. The van der Waals surface area contributed by atoms with Gasteiger partial charge in [-0.1, -0.05) is 30.3 Å². The molecule has 160 valence electrons. The van der Waals surface area contributed by atoms with E-state index in [1.807, 2.05) is 37.3 Å². The van der Waals surface area contributed by atoms with E-state index in [0.717, 1.165) is 21.1 Å².